The number of halogens is 4. The largest absolute Gasteiger partial charge is 0.459 e. The zero-order valence-electron chi connectivity index (χ0n) is 20.1. The van der Waals surface area contributed by atoms with Crippen LogP contribution < -0.4 is 5.73 Å². The minimum absolute atomic E-state index is 0.123. The molecular weight excluding hydrogens is 484 g/mol. The molecule has 5 rings (SSSR count). The van der Waals surface area contributed by atoms with Gasteiger partial charge in [0.25, 0.3) is 0 Å². The summed E-state index contributed by atoms with van der Waals surface area (Å²) in [6.07, 6.45) is 2.79. The van der Waals surface area contributed by atoms with E-state index in [1.807, 2.05) is 6.07 Å². The second-order valence-electron chi connectivity index (χ2n) is 9.62. The van der Waals surface area contributed by atoms with Crippen LogP contribution in [0, 0.1) is 17.6 Å². The molecule has 1 fully saturated rings. The van der Waals surface area contributed by atoms with E-state index in [1.165, 1.54) is 18.3 Å². The highest BCUT2D eigenvalue weighted by molar-refractivity contribution is 5.99. The molecule has 0 spiro atoms. The van der Waals surface area contributed by atoms with Gasteiger partial charge >= 0.3 is 0 Å². The summed E-state index contributed by atoms with van der Waals surface area (Å²) < 4.78 is 61.8. The summed E-state index contributed by atoms with van der Waals surface area (Å²) in [6, 6.07) is 11.9. The van der Waals surface area contributed by atoms with Gasteiger partial charge in [-0.1, -0.05) is 6.42 Å². The van der Waals surface area contributed by atoms with E-state index in [0.29, 0.717) is 58.4 Å². The summed E-state index contributed by atoms with van der Waals surface area (Å²) in [5, 5.41) is 0.675. The molecule has 1 saturated carbocycles. The van der Waals surface area contributed by atoms with E-state index >= 15 is 0 Å². The Morgan fingerprint density at radius 2 is 1.84 bits per heavy atom. The minimum Gasteiger partial charge on any atom is -0.459 e. The molecular formula is C29H26F4N2O2. The highest BCUT2D eigenvalue weighted by Crippen LogP contribution is 2.37. The van der Waals surface area contributed by atoms with Crippen molar-refractivity contribution in [2.75, 3.05) is 0 Å². The number of nitrogens with zero attached hydrogens (tertiary/aromatic N) is 1. The lowest BCUT2D eigenvalue weighted by Gasteiger charge is -2.24. The van der Waals surface area contributed by atoms with Gasteiger partial charge in [0.2, 0.25) is 5.92 Å². The molecule has 1 atom stereocenters. The van der Waals surface area contributed by atoms with Crippen LogP contribution in [0.2, 0.25) is 0 Å². The fourth-order valence-electron chi connectivity index (χ4n) is 5.00. The van der Waals surface area contributed by atoms with E-state index in [1.54, 1.807) is 24.3 Å². The molecule has 0 amide bonds. The van der Waals surface area contributed by atoms with Gasteiger partial charge in [-0.05, 0) is 61.7 Å². The van der Waals surface area contributed by atoms with Gasteiger partial charge in [-0.25, -0.2) is 17.6 Å². The van der Waals surface area contributed by atoms with Crippen molar-refractivity contribution in [1.82, 2.24) is 4.98 Å². The van der Waals surface area contributed by atoms with Crippen molar-refractivity contribution in [3.63, 3.8) is 0 Å². The normalized spacial score (nSPS) is 17.9. The van der Waals surface area contributed by atoms with Crippen molar-refractivity contribution in [3.05, 3.63) is 77.7 Å². The van der Waals surface area contributed by atoms with Crippen LogP contribution in [0.25, 0.3) is 33.4 Å². The lowest BCUT2D eigenvalue weighted by molar-refractivity contribution is -0.0277. The van der Waals surface area contributed by atoms with Crippen molar-refractivity contribution in [1.29, 1.82) is 0 Å². The zero-order valence-corrected chi connectivity index (χ0v) is 20.1. The number of alkyl halides is 2. The SMILES string of the molecule is NCc1cc2cc(-c3ccc(C(=O)C4CCCCC(F)(F)CC4)cn3)cc(-c3ccc(F)cc3F)c2o1. The molecule has 0 radical (unpaired) electrons. The first-order chi connectivity index (χ1) is 17.7. The highest BCUT2D eigenvalue weighted by atomic mass is 19.3. The van der Waals surface area contributed by atoms with Gasteiger partial charge in [-0.15, -0.1) is 0 Å². The van der Waals surface area contributed by atoms with Crippen molar-refractivity contribution in [3.8, 4) is 22.4 Å². The number of Topliss-reactive ketones (excluding diaryl/α,β-unsaturated/α-hetero) is 1. The topological polar surface area (TPSA) is 69.1 Å². The summed E-state index contributed by atoms with van der Waals surface area (Å²) in [4.78, 5) is 17.5. The van der Waals surface area contributed by atoms with Crippen LogP contribution in [0.1, 0.15) is 54.6 Å². The van der Waals surface area contributed by atoms with E-state index in [9.17, 15) is 22.4 Å². The Kier molecular flexibility index (Phi) is 6.86. The van der Waals surface area contributed by atoms with Crippen molar-refractivity contribution in [2.45, 2.75) is 51.0 Å². The number of ketones is 1. The molecule has 4 aromatic rings. The Bertz CT molecular complexity index is 1450. The van der Waals surface area contributed by atoms with Crippen LogP contribution in [0.15, 0.2) is 59.1 Å². The van der Waals surface area contributed by atoms with E-state index in [2.05, 4.69) is 4.98 Å². The zero-order chi connectivity index (χ0) is 26.2. The number of carbonyl (C=O) groups is 1. The van der Waals surface area contributed by atoms with Gasteiger partial charge in [0, 0.05) is 58.7 Å². The second-order valence-corrected chi connectivity index (χ2v) is 9.62. The number of pyridine rings is 1. The summed E-state index contributed by atoms with van der Waals surface area (Å²) in [5.41, 5.74) is 8.28. The number of hydrogen-bond donors (Lipinski definition) is 1. The van der Waals surface area contributed by atoms with Crippen molar-refractivity contribution in [2.24, 2.45) is 11.7 Å². The van der Waals surface area contributed by atoms with Crippen molar-refractivity contribution >= 4 is 16.8 Å². The van der Waals surface area contributed by atoms with Crippen LogP contribution in [0.5, 0.6) is 0 Å². The smallest absolute Gasteiger partial charge is 0.248 e. The molecule has 0 saturated heterocycles. The maximum absolute atomic E-state index is 14.7. The quantitative estimate of drug-likeness (QED) is 0.221. The molecule has 0 aliphatic heterocycles. The molecule has 2 heterocycles. The first-order valence-corrected chi connectivity index (χ1v) is 12.3. The molecule has 1 aliphatic rings. The first-order valence-electron chi connectivity index (χ1n) is 12.3. The van der Waals surface area contributed by atoms with E-state index in [4.69, 9.17) is 10.2 Å². The number of carbonyl (C=O) groups excluding carboxylic acids is 1. The molecule has 1 aliphatic carbocycles. The van der Waals surface area contributed by atoms with E-state index < -0.39 is 23.5 Å². The second kappa shape index (κ2) is 10.1. The van der Waals surface area contributed by atoms with E-state index in [0.717, 1.165) is 6.07 Å². The predicted octanol–water partition coefficient (Wildman–Crippen LogP) is 7.69. The standard InChI is InChI=1S/C29H26F4N2O2/c30-21-5-6-23(25(31)14-21)24-13-19(11-20-12-22(15-34)37-28(20)24)26-7-4-18(16-35-26)27(36)17-3-1-2-9-29(32,33)10-8-17/h4-7,11-14,16-17H,1-3,8-10,15,34H2. The van der Waals surface area contributed by atoms with Crippen LogP contribution >= 0.6 is 0 Å². The summed E-state index contributed by atoms with van der Waals surface area (Å²) >= 11 is 0. The third kappa shape index (κ3) is 5.30. The van der Waals surface area contributed by atoms with Gasteiger partial charge in [-0.3, -0.25) is 9.78 Å². The summed E-state index contributed by atoms with van der Waals surface area (Å²) in [7, 11) is 0. The maximum Gasteiger partial charge on any atom is 0.248 e. The van der Waals surface area contributed by atoms with E-state index in [-0.39, 0.29) is 37.2 Å². The Labute approximate surface area is 211 Å². The monoisotopic (exact) mass is 510 g/mol. The molecule has 0 bridgehead atoms. The molecule has 8 heteroatoms. The number of fused-ring (bicyclic) bond motifs is 1. The molecule has 1 unspecified atom stereocenters. The number of hydrogen-bond acceptors (Lipinski definition) is 4. The lowest BCUT2D eigenvalue weighted by Crippen LogP contribution is -2.24. The van der Waals surface area contributed by atoms with Crippen LogP contribution in [0.4, 0.5) is 17.6 Å². The lowest BCUT2D eigenvalue weighted by atomic mass is 9.85. The van der Waals surface area contributed by atoms with Gasteiger partial charge in [0.1, 0.15) is 23.0 Å². The molecule has 2 aromatic heterocycles. The molecule has 2 N–H and O–H groups in total. The van der Waals surface area contributed by atoms with Gasteiger partial charge in [-0.2, -0.15) is 0 Å². The van der Waals surface area contributed by atoms with Crippen molar-refractivity contribution < 1.29 is 26.8 Å². The van der Waals surface area contributed by atoms with Gasteiger partial charge in [0.15, 0.2) is 5.78 Å². The number of aromatic nitrogens is 1. The third-order valence-corrected chi connectivity index (χ3v) is 7.01. The van der Waals surface area contributed by atoms with Crippen LogP contribution in [-0.4, -0.2) is 16.7 Å². The molecule has 4 nitrogen and oxygen atoms in total. The van der Waals surface area contributed by atoms with Gasteiger partial charge < -0.3 is 10.2 Å². The van der Waals surface area contributed by atoms with Gasteiger partial charge in [0.05, 0.1) is 12.2 Å². The predicted molar refractivity (Wildman–Crippen MR) is 133 cm³/mol. The Morgan fingerprint density at radius 3 is 2.57 bits per heavy atom. The molecule has 192 valence electrons. The third-order valence-electron chi connectivity index (χ3n) is 7.01. The number of furan rings is 1. The number of rotatable bonds is 5. The highest BCUT2D eigenvalue weighted by Gasteiger charge is 2.33. The Morgan fingerprint density at radius 1 is 1.00 bits per heavy atom. The van der Waals surface area contributed by atoms with Crippen LogP contribution in [0.3, 0.4) is 0 Å². The Hall–Kier alpha value is -3.52. The minimum atomic E-state index is -2.72. The number of benzene rings is 2. The first kappa shape index (κ1) is 25.1. The summed E-state index contributed by atoms with van der Waals surface area (Å²) in [6.45, 7) is 0.150. The summed E-state index contributed by atoms with van der Waals surface area (Å²) in [5.74, 6) is -4.27. The fraction of sp³-hybridized carbons (Fsp3) is 0.310. The molecule has 2 aromatic carbocycles. The average Bonchev–Trinajstić information content (AvgIpc) is 3.30. The average molecular weight is 511 g/mol. The Balaban J connectivity index is 1.48. The molecule has 37 heavy (non-hydrogen) atoms. The maximum atomic E-state index is 14.7. The number of nitrogens with two attached hydrogens (primary N) is 1. The fourth-order valence-corrected chi connectivity index (χ4v) is 5.00. The van der Waals surface area contributed by atoms with Crippen LogP contribution in [-0.2, 0) is 6.54 Å².